The van der Waals surface area contributed by atoms with Gasteiger partial charge in [0.1, 0.15) is 0 Å². The highest BCUT2D eigenvalue weighted by atomic mass is 15.3. The Morgan fingerprint density at radius 2 is 1.87 bits per heavy atom. The van der Waals surface area contributed by atoms with Gasteiger partial charge in [-0.2, -0.15) is 0 Å². The zero-order chi connectivity index (χ0) is 11.6. The molecule has 90 valence electrons. The summed E-state index contributed by atoms with van der Waals surface area (Å²) in [5.41, 5.74) is 0.329. The number of hydrogen-bond acceptors (Lipinski definition) is 2. The van der Waals surface area contributed by atoms with E-state index in [2.05, 4.69) is 51.5 Å². The highest BCUT2D eigenvalue weighted by Crippen LogP contribution is 2.27. The third-order valence-corrected chi connectivity index (χ3v) is 3.66. The fraction of sp³-hybridized carbons (Fsp3) is 1.00. The molecule has 2 nitrogen and oxygen atoms in total. The largest absolute Gasteiger partial charge is 0.302 e. The van der Waals surface area contributed by atoms with Crippen LogP contribution in [-0.4, -0.2) is 48.1 Å². The Kier molecular flexibility index (Phi) is 4.19. The summed E-state index contributed by atoms with van der Waals surface area (Å²) in [7, 11) is 2.27. The summed E-state index contributed by atoms with van der Waals surface area (Å²) in [5, 5.41) is 0. The smallest absolute Gasteiger partial charge is 0.0258 e. The van der Waals surface area contributed by atoms with Crippen molar-refractivity contribution in [2.24, 2.45) is 5.92 Å². The van der Waals surface area contributed by atoms with Gasteiger partial charge in [-0.1, -0.05) is 13.8 Å². The Morgan fingerprint density at radius 3 is 2.27 bits per heavy atom. The van der Waals surface area contributed by atoms with Crippen molar-refractivity contribution in [3.63, 3.8) is 0 Å². The Bertz CT molecular complexity index is 195. The van der Waals surface area contributed by atoms with Crippen molar-refractivity contribution < 1.29 is 0 Å². The van der Waals surface area contributed by atoms with Gasteiger partial charge in [0.05, 0.1) is 0 Å². The fourth-order valence-corrected chi connectivity index (χ4v) is 2.59. The molecule has 1 saturated heterocycles. The van der Waals surface area contributed by atoms with E-state index in [-0.39, 0.29) is 0 Å². The quantitative estimate of drug-likeness (QED) is 0.709. The Morgan fingerprint density at radius 1 is 1.27 bits per heavy atom. The maximum Gasteiger partial charge on any atom is 0.0258 e. The van der Waals surface area contributed by atoms with E-state index in [4.69, 9.17) is 0 Å². The molecule has 2 atom stereocenters. The second kappa shape index (κ2) is 4.84. The molecule has 0 N–H and O–H groups in total. The number of hydrogen-bond donors (Lipinski definition) is 0. The molecule has 15 heavy (non-hydrogen) atoms. The molecule has 1 fully saturated rings. The van der Waals surface area contributed by atoms with Crippen LogP contribution in [0.4, 0.5) is 0 Å². The molecule has 0 aliphatic carbocycles. The molecule has 0 spiro atoms. The molecule has 1 aliphatic rings. The van der Waals surface area contributed by atoms with Gasteiger partial charge in [-0.05, 0) is 46.7 Å². The van der Waals surface area contributed by atoms with E-state index in [1.165, 1.54) is 26.1 Å². The van der Waals surface area contributed by atoms with Crippen LogP contribution in [0.15, 0.2) is 0 Å². The monoisotopic (exact) mass is 212 g/mol. The van der Waals surface area contributed by atoms with E-state index < -0.39 is 0 Å². The lowest BCUT2D eigenvalue weighted by molar-refractivity contribution is 0.153. The Balaban J connectivity index is 2.56. The molecule has 2 unspecified atom stereocenters. The first-order valence-corrected chi connectivity index (χ1v) is 6.31. The number of nitrogens with zero attached hydrogens (tertiary/aromatic N) is 2. The lowest BCUT2D eigenvalue weighted by atomic mass is 10.1. The summed E-state index contributed by atoms with van der Waals surface area (Å²) in [6, 6.07) is 0.754. The van der Waals surface area contributed by atoms with E-state index in [0.29, 0.717) is 5.54 Å². The molecule has 0 bridgehead atoms. The molecular formula is C13H28N2. The third-order valence-electron chi connectivity index (χ3n) is 3.66. The lowest BCUT2D eigenvalue weighted by Gasteiger charge is -2.32. The molecule has 0 aromatic carbocycles. The highest BCUT2D eigenvalue weighted by Gasteiger charge is 2.36. The van der Waals surface area contributed by atoms with Gasteiger partial charge in [-0.25, -0.2) is 0 Å². The van der Waals surface area contributed by atoms with Crippen LogP contribution in [0.5, 0.6) is 0 Å². The predicted molar refractivity (Wildman–Crippen MR) is 67.2 cm³/mol. The van der Waals surface area contributed by atoms with Crippen molar-refractivity contribution in [1.29, 1.82) is 0 Å². The standard InChI is InChI=1S/C13H28N2/c1-7-8-14(6)12-10-15(9-11(12)2)13(3,4)5/h11-12H,7-10H2,1-6H3. The molecule has 0 aromatic heterocycles. The summed E-state index contributed by atoms with van der Waals surface area (Å²) in [5.74, 6) is 0.806. The minimum absolute atomic E-state index is 0.329. The molecule has 0 aromatic rings. The first kappa shape index (κ1) is 13.0. The van der Waals surface area contributed by atoms with Crippen LogP contribution in [0, 0.1) is 5.92 Å². The van der Waals surface area contributed by atoms with E-state index in [1.54, 1.807) is 0 Å². The SMILES string of the molecule is CCCN(C)C1CN(C(C)(C)C)CC1C. The fourth-order valence-electron chi connectivity index (χ4n) is 2.59. The maximum absolute atomic E-state index is 2.62. The maximum atomic E-state index is 2.62. The van der Waals surface area contributed by atoms with Gasteiger partial charge in [0.15, 0.2) is 0 Å². The summed E-state index contributed by atoms with van der Waals surface area (Å²) in [6.07, 6.45) is 1.26. The third kappa shape index (κ3) is 3.18. The van der Waals surface area contributed by atoms with Crippen LogP contribution in [-0.2, 0) is 0 Å². The minimum Gasteiger partial charge on any atom is -0.302 e. The number of rotatable bonds is 3. The highest BCUT2D eigenvalue weighted by molar-refractivity contribution is 4.92. The van der Waals surface area contributed by atoms with Crippen molar-refractivity contribution in [3.05, 3.63) is 0 Å². The van der Waals surface area contributed by atoms with E-state index in [0.717, 1.165) is 12.0 Å². The molecule has 0 radical (unpaired) electrons. The van der Waals surface area contributed by atoms with Crippen LogP contribution < -0.4 is 0 Å². The van der Waals surface area contributed by atoms with Crippen molar-refractivity contribution in [1.82, 2.24) is 9.80 Å². The van der Waals surface area contributed by atoms with Crippen molar-refractivity contribution in [2.45, 2.75) is 52.6 Å². The summed E-state index contributed by atoms with van der Waals surface area (Å²) < 4.78 is 0. The van der Waals surface area contributed by atoms with Crippen molar-refractivity contribution in [3.8, 4) is 0 Å². The molecule has 2 heteroatoms. The van der Waals surface area contributed by atoms with Crippen LogP contribution in [0.1, 0.15) is 41.0 Å². The first-order chi connectivity index (χ1) is 6.86. The minimum atomic E-state index is 0.329. The first-order valence-electron chi connectivity index (χ1n) is 6.31. The van der Waals surface area contributed by atoms with E-state index >= 15 is 0 Å². The van der Waals surface area contributed by atoms with E-state index in [9.17, 15) is 0 Å². The second-order valence-electron chi connectivity index (χ2n) is 6.10. The van der Waals surface area contributed by atoms with Gasteiger partial charge in [0.25, 0.3) is 0 Å². The van der Waals surface area contributed by atoms with Crippen LogP contribution >= 0.6 is 0 Å². The van der Waals surface area contributed by atoms with Gasteiger partial charge in [-0.3, -0.25) is 4.90 Å². The Labute approximate surface area is 95.6 Å². The number of likely N-dealkylation sites (tertiary alicyclic amines) is 1. The molecule has 1 rings (SSSR count). The summed E-state index contributed by atoms with van der Waals surface area (Å²) in [4.78, 5) is 5.16. The van der Waals surface area contributed by atoms with Gasteiger partial charge < -0.3 is 4.90 Å². The Hall–Kier alpha value is -0.0800. The van der Waals surface area contributed by atoms with Gasteiger partial charge in [0, 0.05) is 24.7 Å². The zero-order valence-electron chi connectivity index (χ0n) is 11.4. The molecule has 0 saturated carbocycles. The second-order valence-corrected chi connectivity index (χ2v) is 6.10. The molecule has 1 aliphatic heterocycles. The summed E-state index contributed by atoms with van der Waals surface area (Å²) >= 11 is 0. The molecular weight excluding hydrogens is 184 g/mol. The van der Waals surface area contributed by atoms with Gasteiger partial charge in [-0.15, -0.1) is 0 Å². The summed E-state index contributed by atoms with van der Waals surface area (Å²) in [6.45, 7) is 15.3. The van der Waals surface area contributed by atoms with E-state index in [1.807, 2.05) is 0 Å². The average molecular weight is 212 g/mol. The van der Waals surface area contributed by atoms with Crippen LogP contribution in [0.2, 0.25) is 0 Å². The van der Waals surface area contributed by atoms with Gasteiger partial charge in [0.2, 0.25) is 0 Å². The predicted octanol–water partition coefficient (Wildman–Crippen LogP) is 2.45. The van der Waals surface area contributed by atoms with Crippen LogP contribution in [0.3, 0.4) is 0 Å². The molecule has 0 amide bonds. The van der Waals surface area contributed by atoms with Gasteiger partial charge >= 0.3 is 0 Å². The van der Waals surface area contributed by atoms with Crippen LogP contribution in [0.25, 0.3) is 0 Å². The average Bonchev–Trinajstić information content (AvgIpc) is 2.47. The normalized spacial score (nSPS) is 29.0. The topological polar surface area (TPSA) is 6.48 Å². The zero-order valence-corrected chi connectivity index (χ0v) is 11.4. The number of likely N-dealkylation sites (N-methyl/N-ethyl adjacent to an activating group) is 1. The van der Waals surface area contributed by atoms with Crippen molar-refractivity contribution in [2.75, 3.05) is 26.7 Å². The molecule has 1 heterocycles. The lowest BCUT2D eigenvalue weighted by Crippen LogP contribution is -2.42. The van der Waals surface area contributed by atoms with Crippen molar-refractivity contribution >= 4 is 0 Å².